The van der Waals surface area contributed by atoms with E-state index in [4.69, 9.17) is 4.74 Å². The van der Waals surface area contributed by atoms with Crippen LogP contribution in [0.4, 0.5) is 0 Å². The van der Waals surface area contributed by atoms with Gasteiger partial charge in [0, 0.05) is 0 Å². The molecule has 1 aliphatic rings. The van der Waals surface area contributed by atoms with Gasteiger partial charge in [-0.1, -0.05) is 26.7 Å². The Balaban J connectivity index is 2.50. The predicted octanol–water partition coefficient (Wildman–Crippen LogP) is 2.58. The van der Waals surface area contributed by atoms with E-state index in [1.165, 1.54) is 6.92 Å². The molecule has 0 N–H and O–H groups in total. The van der Waals surface area contributed by atoms with Crippen LogP contribution in [0.25, 0.3) is 0 Å². The van der Waals surface area contributed by atoms with Gasteiger partial charge in [-0.15, -0.1) is 0 Å². The van der Waals surface area contributed by atoms with Crippen LogP contribution >= 0.6 is 0 Å². The van der Waals surface area contributed by atoms with E-state index >= 15 is 0 Å². The van der Waals surface area contributed by atoms with Crippen molar-refractivity contribution >= 4 is 11.8 Å². The Hall–Kier alpha value is -0.860. The van der Waals surface area contributed by atoms with Crippen LogP contribution in [-0.2, 0) is 14.3 Å². The summed E-state index contributed by atoms with van der Waals surface area (Å²) in [6.07, 6.45) is 4.22. The molecule has 0 bridgehead atoms. The van der Waals surface area contributed by atoms with E-state index in [0.717, 1.165) is 25.7 Å². The Morgan fingerprint density at radius 1 is 1.19 bits per heavy atom. The first-order valence-electron chi connectivity index (χ1n) is 6.24. The normalized spacial score (nSPS) is 29.1. The van der Waals surface area contributed by atoms with Gasteiger partial charge in [0.05, 0.1) is 5.92 Å². The largest absolute Gasteiger partial charge is 0.457 e. The molecule has 92 valence electrons. The summed E-state index contributed by atoms with van der Waals surface area (Å²) in [6.45, 7) is 5.66. The zero-order chi connectivity index (χ0) is 12.1. The molecule has 0 heterocycles. The molecule has 16 heavy (non-hydrogen) atoms. The smallest absolute Gasteiger partial charge is 0.309 e. The van der Waals surface area contributed by atoms with Gasteiger partial charge in [-0.2, -0.15) is 0 Å². The van der Waals surface area contributed by atoms with Gasteiger partial charge in [-0.05, 0) is 31.6 Å². The number of carbonyl (C=O) groups excluding carboxylic acids is 2. The van der Waals surface area contributed by atoms with E-state index in [-0.39, 0.29) is 24.3 Å². The number of carbonyl (C=O) groups is 2. The highest BCUT2D eigenvalue weighted by Gasteiger charge is 2.37. The maximum absolute atomic E-state index is 11.8. The molecule has 1 rings (SSSR count). The van der Waals surface area contributed by atoms with Crippen molar-refractivity contribution in [3.63, 3.8) is 0 Å². The van der Waals surface area contributed by atoms with Crippen molar-refractivity contribution in [3.05, 3.63) is 0 Å². The number of esters is 1. The molecule has 3 unspecified atom stereocenters. The van der Waals surface area contributed by atoms with Crippen molar-refractivity contribution in [3.8, 4) is 0 Å². The summed E-state index contributed by atoms with van der Waals surface area (Å²) < 4.78 is 5.02. The Kier molecular flexibility index (Phi) is 4.97. The highest BCUT2D eigenvalue weighted by molar-refractivity contribution is 5.81. The Labute approximate surface area is 97.5 Å². The molecule has 0 aromatic rings. The van der Waals surface area contributed by atoms with Crippen LogP contribution in [0.1, 0.15) is 46.5 Å². The first kappa shape index (κ1) is 13.2. The first-order valence-corrected chi connectivity index (χ1v) is 6.24. The molecule has 0 amide bonds. The summed E-state index contributed by atoms with van der Waals surface area (Å²) in [5.74, 6) is 0.864. The lowest BCUT2D eigenvalue weighted by Crippen LogP contribution is -2.23. The maximum atomic E-state index is 11.8. The number of ether oxygens (including phenoxy) is 1. The standard InChI is InChI=1S/C13H22O3/c1-4-10-6-11(5-2)12(7-10)13(15)16-8-9(3)14/h10-12H,4-8H2,1-3H3. The Bertz CT molecular complexity index is 260. The number of Topliss-reactive ketones (excluding diaryl/α,β-unsaturated/α-hetero) is 1. The van der Waals surface area contributed by atoms with Crippen molar-refractivity contribution in [2.45, 2.75) is 46.5 Å². The minimum atomic E-state index is -0.169. The van der Waals surface area contributed by atoms with Gasteiger partial charge >= 0.3 is 5.97 Å². The summed E-state index contributed by atoms with van der Waals surface area (Å²) in [4.78, 5) is 22.6. The fourth-order valence-electron chi connectivity index (χ4n) is 2.59. The summed E-state index contributed by atoms with van der Waals surface area (Å²) >= 11 is 0. The predicted molar refractivity (Wildman–Crippen MR) is 61.9 cm³/mol. The molecule has 0 aromatic heterocycles. The van der Waals surface area contributed by atoms with Crippen LogP contribution in [0.15, 0.2) is 0 Å². The van der Waals surface area contributed by atoms with E-state index in [0.29, 0.717) is 11.8 Å². The lowest BCUT2D eigenvalue weighted by molar-refractivity contribution is -0.153. The van der Waals surface area contributed by atoms with Crippen LogP contribution in [-0.4, -0.2) is 18.4 Å². The molecule has 3 heteroatoms. The first-order chi connectivity index (χ1) is 7.58. The highest BCUT2D eigenvalue weighted by atomic mass is 16.5. The average molecular weight is 226 g/mol. The van der Waals surface area contributed by atoms with Gasteiger partial charge < -0.3 is 4.74 Å². The van der Waals surface area contributed by atoms with Gasteiger partial charge in [0.15, 0.2) is 5.78 Å². The molecule has 1 fully saturated rings. The molecule has 0 aliphatic heterocycles. The number of hydrogen-bond donors (Lipinski definition) is 0. The maximum Gasteiger partial charge on any atom is 0.309 e. The minimum absolute atomic E-state index is 0.0225. The number of ketones is 1. The molecular weight excluding hydrogens is 204 g/mol. The fourth-order valence-corrected chi connectivity index (χ4v) is 2.59. The van der Waals surface area contributed by atoms with Gasteiger partial charge in [0.2, 0.25) is 0 Å². The van der Waals surface area contributed by atoms with Crippen molar-refractivity contribution in [2.75, 3.05) is 6.61 Å². The molecule has 3 atom stereocenters. The molecule has 0 radical (unpaired) electrons. The molecular formula is C13H22O3. The Morgan fingerprint density at radius 2 is 1.88 bits per heavy atom. The number of hydrogen-bond acceptors (Lipinski definition) is 3. The van der Waals surface area contributed by atoms with Gasteiger partial charge in [0.1, 0.15) is 6.61 Å². The van der Waals surface area contributed by atoms with E-state index in [1.807, 2.05) is 0 Å². The average Bonchev–Trinajstić information content (AvgIpc) is 2.68. The zero-order valence-electron chi connectivity index (χ0n) is 10.5. The van der Waals surface area contributed by atoms with E-state index in [9.17, 15) is 9.59 Å². The molecule has 1 aliphatic carbocycles. The second kappa shape index (κ2) is 6.02. The number of rotatable bonds is 5. The van der Waals surface area contributed by atoms with Crippen LogP contribution in [0.3, 0.4) is 0 Å². The van der Waals surface area contributed by atoms with E-state index in [1.54, 1.807) is 0 Å². The topological polar surface area (TPSA) is 43.4 Å². The lowest BCUT2D eigenvalue weighted by atomic mass is 9.94. The molecule has 3 nitrogen and oxygen atoms in total. The van der Waals surface area contributed by atoms with Gasteiger partial charge in [0.25, 0.3) is 0 Å². The zero-order valence-corrected chi connectivity index (χ0v) is 10.5. The van der Waals surface area contributed by atoms with Crippen LogP contribution in [0, 0.1) is 17.8 Å². The quantitative estimate of drug-likeness (QED) is 0.677. The van der Waals surface area contributed by atoms with Crippen molar-refractivity contribution in [2.24, 2.45) is 17.8 Å². The molecule has 1 saturated carbocycles. The van der Waals surface area contributed by atoms with E-state index in [2.05, 4.69) is 13.8 Å². The highest BCUT2D eigenvalue weighted by Crippen LogP contribution is 2.40. The second-order valence-corrected chi connectivity index (χ2v) is 4.83. The van der Waals surface area contributed by atoms with Crippen LogP contribution < -0.4 is 0 Å². The van der Waals surface area contributed by atoms with Crippen LogP contribution in [0.2, 0.25) is 0 Å². The lowest BCUT2D eigenvalue weighted by Gasteiger charge is -2.15. The molecule has 0 aromatic carbocycles. The third kappa shape index (κ3) is 3.32. The minimum Gasteiger partial charge on any atom is -0.457 e. The Morgan fingerprint density at radius 3 is 2.38 bits per heavy atom. The van der Waals surface area contributed by atoms with Crippen molar-refractivity contribution in [1.82, 2.24) is 0 Å². The summed E-state index contributed by atoms with van der Waals surface area (Å²) in [5, 5.41) is 0. The van der Waals surface area contributed by atoms with Crippen LogP contribution in [0.5, 0.6) is 0 Å². The third-order valence-corrected chi connectivity index (χ3v) is 3.61. The summed E-state index contributed by atoms with van der Waals surface area (Å²) in [6, 6.07) is 0. The third-order valence-electron chi connectivity index (χ3n) is 3.61. The molecule has 0 saturated heterocycles. The SMILES string of the molecule is CCC1CC(CC)C(C(=O)OCC(C)=O)C1. The van der Waals surface area contributed by atoms with Gasteiger partial charge in [-0.25, -0.2) is 0 Å². The monoisotopic (exact) mass is 226 g/mol. The van der Waals surface area contributed by atoms with Crippen molar-refractivity contribution < 1.29 is 14.3 Å². The molecule has 0 spiro atoms. The van der Waals surface area contributed by atoms with Gasteiger partial charge in [-0.3, -0.25) is 9.59 Å². The van der Waals surface area contributed by atoms with Crippen molar-refractivity contribution in [1.29, 1.82) is 0 Å². The summed E-state index contributed by atoms with van der Waals surface area (Å²) in [7, 11) is 0. The summed E-state index contributed by atoms with van der Waals surface area (Å²) in [5.41, 5.74) is 0. The van der Waals surface area contributed by atoms with E-state index < -0.39 is 0 Å². The second-order valence-electron chi connectivity index (χ2n) is 4.83. The fraction of sp³-hybridized carbons (Fsp3) is 0.846.